The molecule has 34 heavy (non-hydrogen) atoms. The summed E-state index contributed by atoms with van der Waals surface area (Å²) in [5, 5.41) is 0. The van der Waals surface area contributed by atoms with Gasteiger partial charge < -0.3 is 19.3 Å². The third-order valence-electron chi connectivity index (χ3n) is 6.02. The second kappa shape index (κ2) is 10.5. The number of anilines is 1. The summed E-state index contributed by atoms with van der Waals surface area (Å²) in [4.78, 5) is 26.0. The molecule has 0 spiro atoms. The molecule has 7 heteroatoms. The molecule has 2 aromatic carbocycles. The van der Waals surface area contributed by atoms with Crippen LogP contribution in [0.2, 0.25) is 0 Å². The monoisotopic (exact) mass is 460 g/mol. The SMILES string of the molecule is CCOc1ccc(-c2cc(N3CCN(C(=O)C(C)Oc4cc(C)ccc4C)CC3)ncn2)cc1. The van der Waals surface area contributed by atoms with Crippen LogP contribution < -0.4 is 14.4 Å². The molecular formula is C27H32N4O3. The maximum absolute atomic E-state index is 13.0. The molecule has 0 aliphatic carbocycles. The van der Waals surface area contributed by atoms with E-state index < -0.39 is 6.10 Å². The van der Waals surface area contributed by atoms with Crippen LogP contribution in [0.4, 0.5) is 5.82 Å². The number of nitrogens with zero attached hydrogens (tertiary/aromatic N) is 4. The number of rotatable bonds is 7. The molecule has 1 unspecified atom stereocenters. The number of piperazine rings is 1. The van der Waals surface area contributed by atoms with Gasteiger partial charge in [-0.3, -0.25) is 4.79 Å². The van der Waals surface area contributed by atoms with Crippen molar-refractivity contribution in [3.05, 3.63) is 66.0 Å². The van der Waals surface area contributed by atoms with Crippen LogP contribution in [0.25, 0.3) is 11.3 Å². The van der Waals surface area contributed by atoms with Gasteiger partial charge in [0.2, 0.25) is 0 Å². The van der Waals surface area contributed by atoms with Gasteiger partial charge in [0.15, 0.2) is 6.10 Å². The van der Waals surface area contributed by atoms with Crippen LogP contribution in [0.5, 0.6) is 11.5 Å². The summed E-state index contributed by atoms with van der Waals surface area (Å²) in [6.07, 6.45) is 1.07. The van der Waals surface area contributed by atoms with Gasteiger partial charge in [0.05, 0.1) is 12.3 Å². The van der Waals surface area contributed by atoms with Gasteiger partial charge in [0, 0.05) is 37.8 Å². The molecule has 1 fully saturated rings. The first kappa shape index (κ1) is 23.5. The van der Waals surface area contributed by atoms with E-state index in [9.17, 15) is 4.79 Å². The molecule has 1 amide bonds. The van der Waals surface area contributed by atoms with Crippen LogP contribution in [-0.4, -0.2) is 59.7 Å². The zero-order chi connectivity index (χ0) is 24.1. The average molecular weight is 461 g/mol. The summed E-state index contributed by atoms with van der Waals surface area (Å²) in [5.74, 6) is 2.49. The quantitative estimate of drug-likeness (QED) is 0.524. The minimum atomic E-state index is -0.530. The second-order valence-electron chi connectivity index (χ2n) is 8.56. The summed E-state index contributed by atoms with van der Waals surface area (Å²) in [7, 11) is 0. The Morgan fingerprint density at radius 3 is 2.44 bits per heavy atom. The van der Waals surface area contributed by atoms with Crippen molar-refractivity contribution < 1.29 is 14.3 Å². The Morgan fingerprint density at radius 1 is 1.00 bits per heavy atom. The van der Waals surface area contributed by atoms with Crippen LogP contribution >= 0.6 is 0 Å². The number of benzene rings is 2. The summed E-state index contributed by atoms with van der Waals surface area (Å²) >= 11 is 0. The van der Waals surface area contributed by atoms with Gasteiger partial charge in [-0.25, -0.2) is 9.97 Å². The Morgan fingerprint density at radius 2 is 1.74 bits per heavy atom. The second-order valence-corrected chi connectivity index (χ2v) is 8.56. The maximum Gasteiger partial charge on any atom is 0.263 e. The summed E-state index contributed by atoms with van der Waals surface area (Å²) < 4.78 is 11.5. The molecule has 1 aliphatic heterocycles. The van der Waals surface area contributed by atoms with E-state index in [1.54, 1.807) is 6.33 Å². The van der Waals surface area contributed by atoms with Gasteiger partial charge in [0.25, 0.3) is 5.91 Å². The van der Waals surface area contributed by atoms with E-state index in [2.05, 4.69) is 14.9 Å². The molecule has 0 saturated carbocycles. The first-order chi connectivity index (χ1) is 16.4. The van der Waals surface area contributed by atoms with Gasteiger partial charge in [-0.15, -0.1) is 0 Å². The molecule has 0 N–H and O–H groups in total. The first-order valence-electron chi connectivity index (χ1n) is 11.8. The average Bonchev–Trinajstić information content (AvgIpc) is 2.86. The highest BCUT2D eigenvalue weighted by atomic mass is 16.5. The predicted molar refractivity (Wildman–Crippen MR) is 133 cm³/mol. The normalized spacial score (nSPS) is 14.6. The summed E-state index contributed by atoms with van der Waals surface area (Å²) in [6, 6.07) is 16.0. The number of amides is 1. The lowest BCUT2D eigenvalue weighted by atomic mass is 10.1. The molecule has 1 saturated heterocycles. The molecule has 0 bridgehead atoms. The van der Waals surface area contributed by atoms with Gasteiger partial charge in [-0.1, -0.05) is 12.1 Å². The lowest BCUT2D eigenvalue weighted by Crippen LogP contribution is -2.52. The van der Waals surface area contributed by atoms with Gasteiger partial charge in [0.1, 0.15) is 23.6 Å². The van der Waals surface area contributed by atoms with Gasteiger partial charge in [-0.05, 0) is 69.2 Å². The highest BCUT2D eigenvalue weighted by Gasteiger charge is 2.27. The van der Waals surface area contributed by atoms with Crippen molar-refractivity contribution in [1.29, 1.82) is 0 Å². The number of carbonyl (C=O) groups excluding carboxylic acids is 1. The van der Waals surface area contributed by atoms with Crippen molar-refractivity contribution in [2.45, 2.75) is 33.8 Å². The zero-order valence-corrected chi connectivity index (χ0v) is 20.3. The van der Waals surface area contributed by atoms with Crippen LogP contribution in [0.15, 0.2) is 54.9 Å². The van der Waals surface area contributed by atoms with Crippen molar-refractivity contribution in [3.63, 3.8) is 0 Å². The van der Waals surface area contributed by atoms with Crippen molar-refractivity contribution in [2.24, 2.45) is 0 Å². The fraction of sp³-hybridized carbons (Fsp3) is 0.370. The van der Waals surface area contributed by atoms with E-state index in [4.69, 9.17) is 9.47 Å². The van der Waals surface area contributed by atoms with Crippen LogP contribution in [0.3, 0.4) is 0 Å². The highest BCUT2D eigenvalue weighted by Crippen LogP contribution is 2.25. The molecule has 2 heterocycles. The van der Waals surface area contributed by atoms with Gasteiger partial charge in [-0.2, -0.15) is 0 Å². The third-order valence-corrected chi connectivity index (χ3v) is 6.02. The molecule has 1 aromatic heterocycles. The minimum Gasteiger partial charge on any atom is -0.494 e. The fourth-order valence-electron chi connectivity index (χ4n) is 4.05. The number of hydrogen-bond acceptors (Lipinski definition) is 6. The zero-order valence-electron chi connectivity index (χ0n) is 20.3. The number of ether oxygens (including phenoxy) is 2. The largest absolute Gasteiger partial charge is 0.494 e. The smallest absolute Gasteiger partial charge is 0.263 e. The lowest BCUT2D eigenvalue weighted by Gasteiger charge is -2.36. The van der Waals surface area contributed by atoms with Crippen LogP contribution in [-0.2, 0) is 4.79 Å². The molecule has 7 nitrogen and oxygen atoms in total. The molecule has 3 aromatic rings. The number of aromatic nitrogens is 2. The highest BCUT2D eigenvalue weighted by molar-refractivity contribution is 5.81. The van der Waals surface area contributed by atoms with Crippen molar-refractivity contribution in [3.8, 4) is 22.8 Å². The number of carbonyl (C=O) groups is 1. The van der Waals surface area contributed by atoms with Crippen molar-refractivity contribution in [2.75, 3.05) is 37.7 Å². The Hall–Kier alpha value is -3.61. The topological polar surface area (TPSA) is 67.8 Å². The first-order valence-corrected chi connectivity index (χ1v) is 11.8. The number of aryl methyl sites for hydroxylation is 2. The molecule has 4 rings (SSSR count). The van der Waals surface area contributed by atoms with Crippen molar-refractivity contribution >= 4 is 11.7 Å². The Kier molecular flexibility index (Phi) is 7.30. The van der Waals surface area contributed by atoms with E-state index in [0.29, 0.717) is 32.8 Å². The maximum atomic E-state index is 13.0. The molecule has 1 atom stereocenters. The molecule has 0 radical (unpaired) electrons. The predicted octanol–water partition coefficient (Wildman–Crippen LogP) is 4.28. The number of hydrogen-bond donors (Lipinski definition) is 0. The Labute approximate surface area is 201 Å². The standard InChI is InChI=1S/C27H32N4O3/c1-5-33-23-10-8-22(9-11-23)24-17-26(29-18-28-24)30-12-14-31(15-13-30)27(32)21(4)34-25-16-19(2)6-7-20(25)3/h6-11,16-18,21H,5,12-15H2,1-4H3. The van der Waals surface area contributed by atoms with Crippen LogP contribution in [0, 0.1) is 13.8 Å². The van der Waals surface area contributed by atoms with E-state index >= 15 is 0 Å². The van der Waals surface area contributed by atoms with E-state index in [1.807, 2.05) is 81.1 Å². The van der Waals surface area contributed by atoms with Gasteiger partial charge >= 0.3 is 0 Å². The van der Waals surface area contributed by atoms with Crippen LogP contribution in [0.1, 0.15) is 25.0 Å². The summed E-state index contributed by atoms with van der Waals surface area (Å²) in [5.41, 5.74) is 4.02. The summed E-state index contributed by atoms with van der Waals surface area (Å²) in [6.45, 7) is 11.1. The van der Waals surface area contributed by atoms with E-state index in [-0.39, 0.29) is 5.91 Å². The minimum absolute atomic E-state index is 0.0123. The lowest BCUT2D eigenvalue weighted by molar-refractivity contribution is -0.138. The van der Waals surface area contributed by atoms with Crippen molar-refractivity contribution in [1.82, 2.24) is 14.9 Å². The Bertz CT molecular complexity index is 1120. The molecular weight excluding hydrogens is 428 g/mol. The van der Waals surface area contributed by atoms with E-state index in [1.165, 1.54) is 0 Å². The third kappa shape index (κ3) is 5.47. The van der Waals surface area contributed by atoms with E-state index in [0.717, 1.165) is 39.7 Å². The molecule has 1 aliphatic rings. The Balaban J connectivity index is 1.36. The fourth-order valence-corrected chi connectivity index (χ4v) is 4.05. The molecule has 178 valence electrons.